The lowest BCUT2D eigenvalue weighted by Gasteiger charge is -2.37. The molecule has 1 aliphatic carbocycles. The number of nitrogens with one attached hydrogen (secondary N) is 1. The molecule has 0 atom stereocenters. The van der Waals surface area contributed by atoms with Crippen molar-refractivity contribution < 1.29 is 4.79 Å². The van der Waals surface area contributed by atoms with Crippen LogP contribution in [0.15, 0.2) is 18.2 Å². The monoisotopic (exact) mass is 422 g/mol. The average molecular weight is 423 g/mol. The summed E-state index contributed by atoms with van der Waals surface area (Å²) in [7, 11) is 0. The van der Waals surface area contributed by atoms with E-state index in [1.807, 2.05) is 24.3 Å². The summed E-state index contributed by atoms with van der Waals surface area (Å²) >= 11 is 12.5. The molecule has 0 radical (unpaired) electrons. The summed E-state index contributed by atoms with van der Waals surface area (Å²) in [6, 6.07) is 7.80. The molecule has 1 aromatic rings. The lowest BCUT2D eigenvalue weighted by molar-refractivity contribution is -0.121. The molecule has 1 N–H and O–H groups in total. The summed E-state index contributed by atoms with van der Waals surface area (Å²) in [4.78, 5) is 16.4. The first kappa shape index (κ1) is 21.2. The number of halogens is 2. The van der Waals surface area contributed by atoms with Crippen LogP contribution in [0.3, 0.4) is 0 Å². The molecule has 1 aliphatic heterocycles. The van der Waals surface area contributed by atoms with Crippen LogP contribution in [0.1, 0.15) is 38.5 Å². The van der Waals surface area contributed by atoms with Gasteiger partial charge in [-0.15, -0.1) is 0 Å². The third-order valence-electron chi connectivity index (χ3n) is 5.93. The van der Waals surface area contributed by atoms with Gasteiger partial charge in [0.2, 0.25) is 5.91 Å². The first-order valence-corrected chi connectivity index (χ1v) is 10.9. The Morgan fingerprint density at radius 2 is 1.86 bits per heavy atom. The fourth-order valence-electron chi connectivity index (χ4n) is 4.25. The average Bonchev–Trinajstić information content (AvgIpc) is 2.70. The highest BCUT2D eigenvalue weighted by Crippen LogP contribution is 2.30. The van der Waals surface area contributed by atoms with E-state index in [0.717, 1.165) is 80.1 Å². The minimum absolute atomic E-state index is 0.0354. The predicted molar refractivity (Wildman–Crippen MR) is 114 cm³/mol. The minimum atomic E-state index is -0.136. The molecular formula is C21H28Cl2N4O. The van der Waals surface area contributed by atoms with Gasteiger partial charge in [0.25, 0.3) is 0 Å². The third kappa shape index (κ3) is 6.01. The highest BCUT2D eigenvalue weighted by Gasteiger charge is 2.24. The summed E-state index contributed by atoms with van der Waals surface area (Å²) in [5.41, 5.74) is 1.03. The van der Waals surface area contributed by atoms with Crippen LogP contribution in [-0.2, 0) is 4.79 Å². The quantitative estimate of drug-likeness (QED) is 0.749. The smallest absolute Gasteiger partial charge is 0.234 e. The van der Waals surface area contributed by atoms with E-state index in [9.17, 15) is 4.79 Å². The van der Waals surface area contributed by atoms with Gasteiger partial charge in [0.15, 0.2) is 0 Å². The van der Waals surface area contributed by atoms with Crippen LogP contribution >= 0.6 is 23.2 Å². The number of rotatable bonds is 6. The number of nitriles is 1. The molecule has 0 unspecified atom stereocenters. The number of benzene rings is 1. The second-order valence-electron chi connectivity index (χ2n) is 7.83. The zero-order valence-corrected chi connectivity index (χ0v) is 17.7. The fraction of sp³-hybridized carbons (Fsp3) is 0.619. The Morgan fingerprint density at radius 3 is 2.54 bits per heavy atom. The van der Waals surface area contributed by atoms with E-state index < -0.39 is 0 Å². The summed E-state index contributed by atoms with van der Waals surface area (Å²) in [5.74, 6) is 0.605. The molecule has 1 amide bonds. The van der Waals surface area contributed by atoms with Gasteiger partial charge in [-0.25, -0.2) is 0 Å². The Kier molecular flexibility index (Phi) is 7.84. The van der Waals surface area contributed by atoms with Crippen LogP contribution < -0.4 is 10.2 Å². The molecule has 0 aromatic heterocycles. The number of hydrogen-bond donors (Lipinski definition) is 1. The van der Waals surface area contributed by atoms with Gasteiger partial charge in [0, 0.05) is 37.2 Å². The van der Waals surface area contributed by atoms with Gasteiger partial charge in [-0.2, -0.15) is 5.26 Å². The number of carbonyl (C=O) groups excluding carboxylic acids is 1. The van der Waals surface area contributed by atoms with Gasteiger partial charge in [-0.05, 0) is 62.8 Å². The van der Waals surface area contributed by atoms with Crippen molar-refractivity contribution in [1.82, 2.24) is 10.2 Å². The first-order valence-electron chi connectivity index (χ1n) is 10.1. The number of hydrogen-bond acceptors (Lipinski definition) is 4. The molecule has 5 nitrogen and oxygen atoms in total. The predicted octanol–water partition coefficient (Wildman–Crippen LogP) is 4.09. The van der Waals surface area contributed by atoms with Gasteiger partial charge in [-0.3, -0.25) is 9.69 Å². The van der Waals surface area contributed by atoms with Gasteiger partial charge < -0.3 is 10.2 Å². The molecule has 0 bridgehead atoms. The van der Waals surface area contributed by atoms with E-state index in [1.165, 1.54) is 6.42 Å². The molecule has 1 saturated heterocycles. The van der Waals surface area contributed by atoms with Gasteiger partial charge in [0.1, 0.15) is 6.42 Å². The maximum absolute atomic E-state index is 11.5. The maximum atomic E-state index is 11.5. The van der Waals surface area contributed by atoms with E-state index >= 15 is 0 Å². The van der Waals surface area contributed by atoms with E-state index in [0.29, 0.717) is 0 Å². The Hall–Kier alpha value is -1.48. The maximum Gasteiger partial charge on any atom is 0.234 e. The van der Waals surface area contributed by atoms with Crippen molar-refractivity contribution in [2.24, 2.45) is 5.92 Å². The number of anilines is 1. The Labute approximate surface area is 177 Å². The van der Waals surface area contributed by atoms with Crippen molar-refractivity contribution in [2.75, 3.05) is 37.6 Å². The summed E-state index contributed by atoms with van der Waals surface area (Å²) in [5, 5.41) is 13.0. The molecule has 7 heteroatoms. The van der Waals surface area contributed by atoms with Crippen LogP contribution in [0, 0.1) is 17.2 Å². The zero-order chi connectivity index (χ0) is 19.9. The standard InChI is InChI=1S/C21H28Cl2N4O/c22-17-3-6-19(23)20(15-17)27-13-11-26(12-14-27)10-8-16-1-4-18(5-2-16)25-21(28)7-9-24/h3,6,15-16,18H,1-2,4-5,7-8,10-14H2,(H,25,28)/t16-,18-. The highest BCUT2D eigenvalue weighted by atomic mass is 35.5. The van der Waals surface area contributed by atoms with Crippen molar-refractivity contribution in [3.05, 3.63) is 28.2 Å². The number of nitrogens with zero attached hydrogens (tertiary/aromatic N) is 3. The molecule has 1 heterocycles. The summed E-state index contributed by atoms with van der Waals surface area (Å²) < 4.78 is 0. The van der Waals surface area contributed by atoms with Gasteiger partial charge in [-0.1, -0.05) is 23.2 Å². The largest absolute Gasteiger partial charge is 0.368 e. The second kappa shape index (κ2) is 10.3. The topological polar surface area (TPSA) is 59.4 Å². The molecule has 0 spiro atoms. The first-order chi connectivity index (χ1) is 13.5. The Morgan fingerprint density at radius 1 is 1.14 bits per heavy atom. The minimum Gasteiger partial charge on any atom is -0.368 e. The van der Waals surface area contributed by atoms with E-state index in [-0.39, 0.29) is 18.4 Å². The number of amides is 1. The molecule has 152 valence electrons. The van der Waals surface area contributed by atoms with Crippen LogP contribution in [0.25, 0.3) is 0 Å². The van der Waals surface area contributed by atoms with Gasteiger partial charge in [0.05, 0.1) is 16.8 Å². The van der Waals surface area contributed by atoms with E-state index in [4.69, 9.17) is 28.5 Å². The van der Waals surface area contributed by atoms with Crippen LogP contribution in [0.4, 0.5) is 5.69 Å². The van der Waals surface area contributed by atoms with Crippen molar-refractivity contribution >= 4 is 34.8 Å². The van der Waals surface area contributed by atoms with Crippen molar-refractivity contribution in [2.45, 2.75) is 44.6 Å². The van der Waals surface area contributed by atoms with Crippen LogP contribution in [0.2, 0.25) is 10.0 Å². The molecular weight excluding hydrogens is 395 g/mol. The van der Waals surface area contributed by atoms with Crippen LogP contribution in [-0.4, -0.2) is 49.6 Å². The lowest BCUT2D eigenvalue weighted by atomic mass is 9.84. The molecule has 2 fully saturated rings. The fourth-order valence-corrected chi connectivity index (χ4v) is 4.66. The normalized spacial score (nSPS) is 23.2. The molecule has 1 aromatic carbocycles. The molecule has 1 saturated carbocycles. The Bertz CT molecular complexity index is 705. The summed E-state index contributed by atoms with van der Waals surface area (Å²) in [6.07, 6.45) is 5.57. The van der Waals surface area contributed by atoms with Crippen LogP contribution in [0.5, 0.6) is 0 Å². The lowest BCUT2D eigenvalue weighted by Crippen LogP contribution is -2.47. The van der Waals surface area contributed by atoms with E-state index in [1.54, 1.807) is 0 Å². The number of carbonyl (C=O) groups is 1. The molecule has 3 rings (SSSR count). The molecule has 2 aliphatic rings. The van der Waals surface area contributed by atoms with Crippen molar-refractivity contribution in [3.8, 4) is 6.07 Å². The van der Waals surface area contributed by atoms with Crippen molar-refractivity contribution in [1.29, 1.82) is 5.26 Å². The van der Waals surface area contributed by atoms with Gasteiger partial charge >= 0.3 is 0 Å². The zero-order valence-electron chi connectivity index (χ0n) is 16.2. The Balaban J connectivity index is 1.36. The number of piperazine rings is 1. The highest BCUT2D eigenvalue weighted by molar-refractivity contribution is 6.35. The SMILES string of the molecule is N#CCC(=O)N[C@H]1CC[C@H](CCN2CCN(c3cc(Cl)ccc3Cl)CC2)CC1. The van der Waals surface area contributed by atoms with E-state index in [2.05, 4.69) is 15.1 Å². The second-order valence-corrected chi connectivity index (χ2v) is 8.68. The molecule has 28 heavy (non-hydrogen) atoms. The summed E-state index contributed by atoms with van der Waals surface area (Å²) in [6.45, 7) is 5.16. The van der Waals surface area contributed by atoms with Crippen molar-refractivity contribution in [3.63, 3.8) is 0 Å². The third-order valence-corrected chi connectivity index (χ3v) is 6.48.